The van der Waals surface area contributed by atoms with Crippen LogP contribution in [0.3, 0.4) is 0 Å². The second kappa shape index (κ2) is 6.80. The number of rotatable bonds is 5. The van der Waals surface area contributed by atoms with E-state index < -0.39 is 0 Å². The average molecular weight is 214 g/mol. The molecule has 2 N–H and O–H groups in total. The lowest BCUT2D eigenvalue weighted by molar-refractivity contribution is -0.123. The van der Waals surface area contributed by atoms with Crippen molar-refractivity contribution in [1.29, 1.82) is 0 Å². The average Bonchev–Trinajstić information content (AvgIpc) is 2.18. The zero-order chi connectivity index (χ0) is 11.1. The SMILES string of the molecule is CC(C)NC(=O)CCOC1CCCNC1. The highest BCUT2D eigenvalue weighted by Gasteiger charge is 2.13. The predicted octanol–water partition coefficient (Wildman–Crippen LogP) is 0.670. The van der Waals surface area contributed by atoms with Crippen molar-refractivity contribution in [2.45, 2.75) is 45.3 Å². The van der Waals surface area contributed by atoms with Crippen LogP contribution in [0.1, 0.15) is 33.1 Å². The fourth-order valence-corrected chi connectivity index (χ4v) is 1.67. The van der Waals surface area contributed by atoms with Gasteiger partial charge in [-0.2, -0.15) is 0 Å². The van der Waals surface area contributed by atoms with Crippen LogP contribution in [0.15, 0.2) is 0 Å². The van der Waals surface area contributed by atoms with Crippen molar-refractivity contribution < 1.29 is 9.53 Å². The van der Waals surface area contributed by atoms with E-state index >= 15 is 0 Å². The number of hydrogen-bond donors (Lipinski definition) is 2. The topological polar surface area (TPSA) is 50.4 Å². The minimum absolute atomic E-state index is 0.0776. The fraction of sp³-hybridized carbons (Fsp3) is 0.909. The van der Waals surface area contributed by atoms with Crippen molar-refractivity contribution in [1.82, 2.24) is 10.6 Å². The molecule has 0 bridgehead atoms. The van der Waals surface area contributed by atoms with Crippen LogP contribution in [-0.2, 0) is 9.53 Å². The summed E-state index contributed by atoms with van der Waals surface area (Å²) in [5.41, 5.74) is 0. The van der Waals surface area contributed by atoms with Crippen molar-refractivity contribution in [3.8, 4) is 0 Å². The molecule has 0 aliphatic carbocycles. The van der Waals surface area contributed by atoms with E-state index in [1.54, 1.807) is 0 Å². The molecule has 88 valence electrons. The van der Waals surface area contributed by atoms with Gasteiger partial charge in [-0.3, -0.25) is 4.79 Å². The molecule has 1 amide bonds. The Hall–Kier alpha value is -0.610. The van der Waals surface area contributed by atoms with Crippen molar-refractivity contribution in [3.63, 3.8) is 0 Å². The Balaban J connectivity index is 2.02. The Labute approximate surface area is 91.8 Å². The minimum atomic E-state index is 0.0776. The molecule has 15 heavy (non-hydrogen) atoms. The second-order valence-electron chi connectivity index (χ2n) is 4.31. The molecule has 4 heteroatoms. The van der Waals surface area contributed by atoms with E-state index in [1.807, 2.05) is 13.8 Å². The lowest BCUT2D eigenvalue weighted by Crippen LogP contribution is -2.36. The number of hydrogen-bond acceptors (Lipinski definition) is 3. The molecule has 0 spiro atoms. The van der Waals surface area contributed by atoms with Gasteiger partial charge in [0, 0.05) is 19.0 Å². The Bertz CT molecular complexity index is 189. The van der Waals surface area contributed by atoms with Gasteiger partial charge in [-0.05, 0) is 33.2 Å². The predicted molar refractivity (Wildman–Crippen MR) is 59.7 cm³/mol. The molecule has 0 aromatic heterocycles. The van der Waals surface area contributed by atoms with E-state index in [0.29, 0.717) is 19.1 Å². The standard InChI is InChI=1S/C11H22N2O2/c1-9(2)13-11(14)5-7-15-10-4-3-6-12-8-10/h9-10,12H,3-8H2,1-2H3,(H,13,14). The molecule has 1 heterocycles. The summed E-state index contributed by atoms with van der Waals surface area (Å²) in [6.07, 6.45) is 3.04. The van der Waals surface area contributed by atoms with Gasteiger partial charge >= 0.3 is 0 Å². The summed E-state index contributed by atoms with van der Waals surface area (Å²) in [6.45, 7) is 6.47. The lowest BCUT2D eigenvalue weighted by atomic mass is 10.1. The van der Waals surface area contributed by atoms with Crippen molar-refractivity contribution >= 4 is 5.91 Å². The van der Waals surface area contributed by atoms with Gasteiger partial charge < -0.3 is 15.4 Å². The summed E-state index contributed by atoms with van der Waals surface area (Å²) < 4.78 is 5.61. The quantitative estimate of drug-likeness (QED) is 0.707. The molecular formula is C11H22N2O2. The second-order valence-corrected chi connectivity index (χ2v) is 4.31. The zero-order valence-corrected chi connectivity index (χ0v) is 9.71. The van der Waals surface area contributed by atoms with Crippen LogP contribution in [0.5, 0.6) is 0 Å². The molecule has 1 fully saturated rings. The summed E-state index contributed by atoms with van der Waals surface area (Å²) in [5, 5.41) is 6.13. The Morgan fingerprint density at radius 3 is 3.00 bits per heavy atom. The van der Waals surface area contributed by atoms with Gasteiger partial charge in [-0.15, -0.1) is 0 Å². The van der Waals surface area contributed by atoms with Crippen LogP contribution in [-0.4, -0.2) is 37.7 Å². The number of ether oxygens (including phenoxy) is 1. The summed E-state index contributed by atoms with van der Waals surface area (Å²) in [5.74, 6) is 0.0776. The molecule has 1 saturated heterocycles. The maximum atomic E-state index is 11.3. The highest BCUT2D eigenvalue weighted by atomic mass is 16.5. The number of amides is 1. The first-order valence-corrected chi connectivity index (χ1v) is 5.80. The summed E-state index contributed by atoms with van der Waals surface area (Å²) in [6, 6.07) is 0.217. The van der Waals surface area contributed by atoms with Crippen LogP contribution < -0.4 is 10.6 Å². The number of carbonyl (C=O) groups excluding carboxylic acids is 1. The van der Waals surface area contributed by atoms with E-state index in [-0.39, 0.29) is 11.9 Å². The molecule has 1 aliphatic rings. The smallest absolute Gasteiger partial charge is 0.222 e. The highest BCUT2D eigenvalue weighted by molar-refractivity contribution is 5.76. The highest BCUT2D eigenvalue weighted by Crippen LogP contribution is 2.05. The van der Waals surface area contributed by atoms with E-state index in [1.165, 1.54) is 6.42 Å². The Kier molecular flexibility index (Phi) is 5.65. The molecule has 0 saturated carbocycles. The first-order valence-electron chi connectivity index (χ1n) is 5.80. The molecule has 0 aromatic carbocycles. The van der Waals surface area contributed by atoms with Crippen molar-refractivity contribution in [2.75, 3.05) is 19.7 Å². The first kappa shape index (κ1) is 12.5. The van der Waals surface area contributed by atoms with Gasteiger partial charge in [-0.1, -0.05) is 0 Å². The lowest BCUT2D eigenvalue weighted by Gasteiger charge is -2.23. The molecular weight excluding hydrogens is 192 g/mol. The third-order valence-electron chi connectivity index (χ3n) is 2.38. The third kappa shape index (κ3) is 5.74. The zero-order valence-electron chi connectivity index (χ0n) is 9.71. The molecule has 1 atom stereocenters. The number of piperidine rings is 1. The van der Waals surface area contributed by atoms with Crippen LogP contribution in [0.25, 0.3) is 0 Å². The van der Waals surface area contributed by atoms with Crippen LogP contribution in [0, 0.1) is 0 Å². The van der Waals surface area contributed by atoms with Gasteiger partial charge in [0.05, 0.1) is 12.7 Å². The molecule has 1 rings (SSSR count). The minimum Gasteiger partial charge on any atom is -0.376 e. The maximum Gasteiger partial charge on any atom is 0.222 e. The van der Waals surface area contributed by atoms with E-state index in [2.05, 4.69) is 10.6 Å². The summed E-state index contributed by atoms with van der Waals surface area (Å²) in [4.78, 5) is 11.3. The maximum absolute atomic E-state index is 11.3. The van der Waals surface area contributed by atoms with Gasteiger partial charge in [0.1, 0.15) is 0 Å². The van der Waals surface area contributed by atoms with Crippen molar-refractivity contribution in [3.05, 3.63) is 0 Å². The Morgan fingerprint density at radius 1 is 1.60 bits per heavy atom. The van der Waals surface area contributed by atoms with Crippen molar-refractivity contribution in [2.24, 2.45) is 0 Å². The van der Waals surface area contributed by atoms with E-state index in [4.69, 9.17) is 4.74 Å². The van der Waals surface area contributed by atoms with Crippen LogP contribution >= 0.6 is 0 Å². The molecule has 1 unspecified atom stereocenters. The molecule has 0 radical (unpaired) electrons. The molecule has 0 aromatic rings. The van der Waals surface area contributed by atoms with Crippen LogP contribution in [0.2, 0.25) is 0 Å². The van der Waals surface area contributed by atoms with Gasteiger partial charge in [0.15, 0.2) is 0 Å². The first-order chi connectivity index (χ1) is 7.18. The largest absolute Gasteiger partial charge is 0.376 e. The third-order valence-corrected chi connectivity index (χ3v) is 2.38. The summed E-state index contributed by atoms with van der Waals surface area (Å²) >= 11 is 0. The number of nitrogens with one attached hydrogen (secondary N) is 2. The monoisotopic (exact) mass is 214 g/mol. The summed E-state index contributed by atoms with van der Waals surface area (Å²) in [7, 11) is 0. The number of carbonyl (C=O) groups is 1. The van der Waals surface area contributed by atoms with Gasteiger partial charge in [0.25, 0.3) is 0 Å². The normalized spacial score (nSPS) is 21.7. The fourth-order valence-electron chi connectivity index (χ4n) is 1.67. The molecule has 4 nitrogen and oxygen atoms in total. The van der Waals surface area contributed by atoms with E-state index in [0.717, 1.165) is 19.5 Å². The Morgan fingerprint density at radius 2 is 2.40 bits per heavy atom. The van der Waals surface area contributed by atoms with E-state index in [9.17, 15) is 4.79 Å². The van der Waals surface area contributed by atoms with Gasteiger partial charge in [0.2, 0.25) is 5.91 Å². The van der Waals surface area contributed by atoms with Crippen LogP contribution in [0.4, 0.5) is 0 Å². The molecule has 1 aliphatic heterocycles. The van der Waals surface area contributed by atoms with Gasteiger partial charge in [-0.25, -0.2) is 0 Å².